The molecule has 1 aromatic carbocycles. The highest BCUT2D eigenvalue weighted by Crippen LogP contribution is 2.23. The van der Waals surface area contributed by atoms with Crippen molar-refractivity contribution in [2.45, 2.75) is 0 Å². The second-order valence-electron chi connectivity index (χ2n) is 3.95. The molecule has 0 aliphatic carbocycles. The topological polar surface area (TPSA) is 96.2 Å². The summed E-state index contributed by atoms with van der Waals surface area (Å²) in [4.78, 5) is 28.8. The fraction of sp³-hybridized carbons (Fsp3) is 0. The molecule has 0 spiro atoms. The molecule has 0 unspecified atom stereocenters. The predicted octanol–water partition coefficient (Wildman–Crippen LogP) is 1.88. The van der Waals surface area contributed by atoms with E-state index in [9.17, 15) is 9.59 Å². The summed E-state index contributed by atoms with van der Waals surface area (Å²) >= 11 is 0. The number of hydrogen-bond donors (Lipinski definition) is 2. The zero-order valence-electron chi connectivity index (χ0n) is 9.58. The summed E-state index contributed by atoms with van der Waals surface area (Å²) in [5.74, 6) is -0.744. The largest absolute Gasteiger partial charge is 0.478 e. The average molecular weight is 256 g/mol. The van der Waals surface area contributed by atoms with Gasteiger partial charge in [0.15, 0.2) is 5.58 Å². The Labute approximate surface area is 106 Å². The SMILES string of the molecule is O=C(O)c1ccc2oc(-c3cc[nH]c(=O)c3)nc2c1. The van der Waals surface area contributed by atoms with Gasteiger partial charge < -0.3 is 14.5 Å². The third-order valence-corrected chi connectivity index (χ3v) is 2.66. The normalized spacial score (nSPS) is 10.7. The number of aromatic nitrogens is 2. The first-order valence-corrected chi connectivity index (χ1v) is 5.46. The molecule has 0 bridgehead atoms. The summed E-state index contributed by atoms with van der Waals surface area (Å²) in [6, 6.07) is 7.44. The molecule has 0 atom stereocenters. The minimum atomic E-state index is -1.03. The molecule has 94 valence electrons. The number of hydrogen-bond acceptors (Lipinski definition) is 4. The van der Waals surface area contributed by atoms with Crippen molar-refractivity contribution in [3.8, 4) is 11.5 Å². The maximum atomic E-state index is 11.2. The molecule has 6 nitrogen and oxygen atoms in total. The first kappa shape index (κ1) is 11.2. The van der Waals surface area contributed by atoms with E-state index in [1.54, 1.807) is 12.1 Å². The summed E-state index contributed by atoms with van der Waals surface area (Å²) in [7, 11) is 0. The minimum absolute atomic E-state index is 0.137. The Morgan fingerprint density at radius 3 is 2.84 bits per heavy atom. The van der Waals surface area contributed by atoms with Gasteiger partial charge in [0.05, 0.1) is 5.56 Å². The van der Waals surface area contributed by atoms with Crippen LogP contribution in [0.5, 0.6) is 0 Å². The molecule has 19 heavy (non-hydrogen) atoms. The Kier molecular flexibility index (Phi) is 2.42. The highest BCUT2D eigenvalue weighted by atomic mass is 16.4. The van der Waals surface area contributed by atoms with Gasteiger partial charge in [-0.15, -0.1) is 0 Å². The average Bonchev–Trinajstić information content (AvgIpc) is 2.81. The van der Waals surface area contributed by atoms with Crippen molar-refractivity contribution in [3.63, 3.8) is 0 Å². The van der Waals surface area contributed by atoms with Crippen LogP contribution in [-0.4, -0.2) is 21.0 Å². The summed E-state index contributed by atoms with van der Waals surface area (Å²) in [6.07, 6.45) is 1.50. The van der Waals surface area contributed by atoms with Crippen LogP contribution in [-0.2, 0) is 0 Å². The van der Waals surface area contributed by atoms with Crippen molar-refractivity contribution in [2.75, 3.05) is 0 Å². The van der Waals surface area contributed by atoms with Crippen LogP contribution in [0.25, 0.3) is 22.6 Å². The number of rotatable bonds is 2. The van der Waals surface area contributed by atoms with Gasteiger partial charge in [0, 0.05) is 17.8 Å². The monoisotopic (exact) mass is 256 g/mol. The Morgan fingerprint density at radius 2 is 2.11 bits per heavy atom. The van der Waals surface area contributed by atoms with Crippen LogP contribution in [0.15, 0.2) is 45.7 Å². The molecule has 0 saturated heterocycles. The van der Waals surface area contributed by atoms with Crippen LogP contribution in [0, 0.1) is 0 Å². The van der Waals surface area contributed by atoms with E-state index in [-0.39, 0.29) is 17.0 Å². The minimum Gasteiger partial charge on any atom is -0.478 e. The lowest BCUT2D eigenvalue weighted by Crippen LogP contribution is -2.01. The Hall–Kier alpha value is -2.89. The Morgan fingerprint density at radius 1 is 1.26 bits per heavy atom. The molecular weight excluding hydrogens is 248 g/mol. The van der Waals surface area contributed by atoms with E-state index in [1.807, 2.05) is 0 Å². The third-order valence-electron chi connectivity index (χ3n) is 2.66. The number of H-pyrrole nitrogens is 1. The number of benzene rings is 1. The molecule has 0 amide bonds. The maximum Gasteiger partial charge on any atom is 0.335 e. The van der Waals surface area contributed by atoms with Gasteiger partial charge >= 0.3 is 5.97 Å². The highest BCUT2D eigenvalue weighted by Gasteiger charge is 2.11. The summed E-state index contributed by atoms with van der Waals surface area (Å²) in [5.41, 5.74) is 1.33. The van der Waals surface area contributed by atoms with Crippen LogP contribution >= 0.6 is 0 Å². The number of nitrogens with one attached hydrogen (secondary N) is 1. The summed E-state index contributed by atoms with van der Waals surface area (Å²) in [6.45, 7) is 0. The van der Waals surface area contributed by atoms with E-state index in [0.717, 1.165) is 0 Å². The number of carbonyl (C=O) groups is 1. The molecule has 0 radical (unpaired) electrons. The summed E-state index contributed by atoms with van der Waals surface area (Å²) in [5, 5.41) is 8.90. The van der Waals surface area contributed by atoms with Crippen molar-refractivity contribution in [2.24, 2.45) is 0 Å². The van der Waals surface area contributed by atoms with Crippen molar-refractivity contribution < 1.29 is 14.3 Å². The zero-order chi connectivity index (χ0) is 13.4. The van der Waals surface area contributed by atoms with E-state index in [2.05, 4.69) is 9.97 Å². The zero-order valence-corrected chi connectivity index (χ0v) is 9.58. The van der Waals surface area contributed by atoms with Crippen LogP contribution < -0.4 is 5.56 Å². The van der Waals surface area contributed by atoms with Crippen LogP contribution in [0.2, 0.25) is 0 Å². The fourth-order valence-corrected chi connectivity index (χ4v) is 1.76. The molecule has 3 aromatic rings. The van der Waals surface area contributed by atoms with E-state index in [4.69, 9.17) is 9.52 Å². The number of carboxylic acids is 1. The van der Waals surface area contributed by atoms with E-state index in [0.29, 0.717) is 16.7 Å². The van der Waals surface area contributed by atoms with Gasteiger partial charge in [-0.3, -0.25) is 4.79 Å². The lowest BCUT2D eigenvalue weighted by Gasteiger charge is -1.91. The smallest absolute Gasteiger partial charge is 0.335 e. The van der Waals surface area contributed by atoms with Gasteiger partial charge in [-0.2, -0.15) is 0 Å². The predicted molar refractivity (Wildman–Crippen MR) is 67.0 cm³/mol. The molecule has 6 heteroatoms. The van der Waals surface area contributed by atoms with Gasteiger partial charge in [0.2, 0.25) is 11.4 Å². The molecule has 3 rings (SSSR count). The number of aromatic carboxylic acids is 1. The van der Waals surface area contributed by atoms with Crippen molar-refractivity contribution >= 4 is 17.1 Å². The van der Waals surface area contributed by atoms with Gasteiger partial charge in [-0.05, 0) is 24.3 Å². The first-order chi connectivity index (χ1) is 9.13. The Balaban J connectivity index is 2.16. The van der Waals surface area contributed by atoms with Gasteiger partial charge in [-0.1, -0.05) is 0 Å². The second-order valence-corrected chi connectivity index (χ2v) is 3.95. The molecule has 2 N–H and O–H groups in total. The lowest BCUT2D eigenvalue weighted by molar-refractivity contribution is 0.0697. The standard InChI is InChI=1S/C13H8N2O4/c16-11-6-7(3-4-14-11)12-15-9-5-8(13(17)18)1-2-10(9)19-12/h1-6H,(H,14,16)(H,17,18). The summed E-state index contributed by atoms with van der Waals surface area (Å²) < 4.78 is 5.49. The molecule has 0 fully saturated rings. The number of nitrogens with zero attached hydrogens (tertiary/aromatic N) is 1. The molecule has 2 heterocycles. The van der Waals surface area contributed by atoms with Gasteiger partial charge in [0.25, 0.3) is 0 Å². The quantitative estimate of drug-likeness (QED) is 0.729. The molecular formula is C13H8N2O4. The molecule has 2 aromatic heterocycles. The van der Waals surface area contributed by atoms with Gasteiger partial charge in [-0.25, -0.2) is 9.78 Å². The van der Waals surface area contributed by atoms with Crippen LogP contribution in [0.4, 0.5) is 0 Å². The number of carboxylic acid groups (broad SMARTS) is 1. The van der Waals surface area contributed by atoms with Crippen LogP contribution in [0.1, 0.15) is 10.4 Å². The molecule has 0 aliphatic rings. The number of pyridine rings is 1. The van der Waals surface area contributed by atoms with E-state index >= 15 is 0 Å². The van der Waals surface area contributed by atoms with Gasteiger partial charge in [0.1, 0.15) is 5.52 Å². The number of aromatic amines is 1. The van der Waals surface area contributed by atoms with Crippen molar-refractivity contribution in [3.05, 3.63) is 52.4 Å². The van der Waals surface area contributed by atoms with Crippen molar-refractivity contribution in [1.82, 2.24) is 9.97 Å². The molecule has 0 aliphatic heterocycles. The number of fused-ring (bicyclic) bond motifs is 1. The fourth-order valence-electron chi connectivity index (χ4n) is 1.76. The molecule has 0 saturated carbocycles. The number of oxazole rings is 1. The van der Waals surface area contributed by atoms with E-state index < -0.39 is 5.97 Å². The second kappa shape index (κ2) is 4.09. The highest BCUT2D eigenvalue weighted by molar-refractivity contribution is 5.92. The van der Waals surface area contributed by atoms with Crippen molar-refractivity contribution in [1.29, 1.82) is 0 Å². The van der Waals surface area contributed by atoms with Crippen LogP contribution in [0.3, 0.4) is 0 Å². The third kappa shape index (κ3) is 1.99. The van der Waals surface area contributed by atoms with E-state index in [1.165, 1.54) is 24.4 Å². The Bertz CT molecular complexity index is 832. The first-order valence-electron chi connectivity index (χ1n) is 5.46. The lowest BCUT2D eigenvalue weighted by atomic mass is 10.2. The maximum absolute atomic E-state index is 11.2.